The van der Waals surface area contributed by atoms with Crippen LogP contribution in [-0.2, 0) is 6.54 Å². The van der Waals surface area contributed by atoms with Crippen LogP contribution in [0.2, 0.25) is 5.02 Å². The first-order chi connectivity index (χ1) is 15.7. The Morgan fingerprint density at radius 3 is 2.59 bits per heavy atom. The maximum atomic E-state index is 13.8. The van der Waals surface area contributed by atoms with E-state index in [1.165, 1.54) is 11.3 Å². The highest BCUT2D eigenvalue weighted by Crippen LogP contribution is 2.39. The topological polar surface area (TPSA) is 62.6 Å². The molecule has 7 heteroatoms. The molecule has 0 aliphatic carbocycles. The van der Waals surface area contributed by atoms with Crippen molar-refractivity contribution in [3.05, 3.63) is 93.8 Å². The van der Waals surface area contributed by atoms with Gasteiger partial charge in [0.2, 0.25) is 6.79 Å². The lowest BCUT2D eigenvalue weighted by molar-refractivity contribution is 0.0706. The molecule has 32 heavy (non-hydrogen) atoms. The number of nitriles is 1. The van der Waals surface area contributed by atoms with Crippen LogP contribution in [0.5, 0.6) is 11.5 Å². The van der Waals surface area contributed by atoms with Gasteiger partial charge in [0.15, 0.2) is 11.5 Å². The zero-order valence-electron chi connectivity index (χ0n) is 16.8. The highest BCUT2D eigenvalue weighted by molar-refractivity contribution is 7.21. The van der Waals surface area contributed by atoms with Gasteiger partial charge in [-0.3, -0.25) is 4.79 Å². The first-order valence-electron chi connectivity index (χ1n) is 9.97. The molecule has 1 aliphatic rings. The van der Waals surface area contributed by atoms with Crippen LogP contribution in [-0.4, -0.2) is 17.6 Å². The van der Waals surface area contributed by atoms with E-state index < -0.39 is 6.04 Å². The van der Waals surface area contributed by atoms with Gasteiger partial charge in [0.1, 0.15) is 10.9 Å². The Hall–Kier alpha value is -3.53. The number of ether oxygens (including phenoxy) is 2. The van der Waals surface area contributed by atoms with Crippen LogP contribution in [0.4, 0.5) is 0 Å². The fourth-order valence-electron chi connectivity index (χ4n) is 3.75. The molecule has 0 unspecified atom stereocenters. The van der Waals surface area contributed by atoms with Gasteiger partial charge in [-0.1, -0.05) is 66.2 Å². The molecule has 0 radical (unpaired) electrons. The molecule has 1 aliphatic heterocycles. The number of halogens is 1. The zero-order chi connectivity index (χ0) is 22.1. The lowest BCUT2D eigenvalue weighted by Gasteiger charge is -2.27. The number of benzene rings is 3. The van der Waals surface area contributed by atoms with Gasteiger partial charge in [0.25, 0.3) is 5.91 Å². The smallest absolute Gasteiger partial charge is 0.267 e. The van der Waals surface area contributed by atoms with Crippen molar-refractivity contribution < 1.29 is 14.3 Å². The van der Waals surface area contributed by atoms with Crippen molar-refractivity contribution >= 4 is 38.9 Å². The summed E-state index contributed by atoms with van der Waals surface area (Å²) in [6, 6.07) is 24.0. The minimum absolute atomic E-state index is 0.139. The normalized spacial score (nSPS) is 13.0. The van der Waals surface area contributed by atoms with Crippen LogP contribution in [0.25, 0.3) is 10.1 Å². The molecule has 0 fully saturated rings. The predicted octanol–water partition coefficient (Wildman–Crippen LogP) is 6.19. The van der Waals surface area contributed by atoms with Crippen molar-refractivity contribution in [3.63, 3.8) is 0 Å². The summed E-state index contributed by atoms with van der Waals surface area (Å²) >= 11 is 7.95. The average molecular weight is 461 g/mol. The van der Waals surface area contributed by atoms with Crippen molar-refractivity contribution in [3.8, 4) is 17.6 Å². The quantitative estimate of drug-likeness (QED) is 0.356. The molecule has 3 aromatic carbocycles. The molecule has 5 nitrogen and oxygen atoms in total. The van der Waals surface area contributed by atoms with Crippen LogP contribution in [0, 0.1) is 11.3 Å². The monoisotopic (exact) mass is 460 g/mol. The van der Waals surface area contributed by atoms with Crippen LogP contribution in [0.3, 0.4) is 0 Å². The van der Waals surface area contributed by atoms with Crippen molar-refractivity contribution in [2.45, 2.75) is 12.6 Å². The van der Waals surface area contributed by atoms with Crippen LogP contribution >= 0.6 is 22.9 Å². The standard InChI is InChI=1S/C25H17ClN2O3S/c26-23-18-8-4-5-9-22(18)32-24(23)25(29)28(14-16-6-2-1-3-7-16)19(13-27)17-10-11-20-21(12-17)31-15-30-20/h1-12,19H,14-15H2/t19-/m1/s1. The third-order valence-corrected chi connectivity index (χ3v) is 7.00. The van der Waals surface area contributed by atoms with Gasteiger partial charge in [-0.15, -0.1) is 11.3 Å². The van der Waals surface area contributed by atoms with Crippen molar-refractivity contribution in [1.29, 1.82) is 5.26 Å². The highest BCUT2D eigenvalue weighted by atomic mass is 35.5. The Balaban J connectivity index is 1.58. The number of hydrogen-bond acceptors (Lipinski definition) is 5. The second-order valence-corrected chi connectivity index (χ2v) is 8.73. The SMILES string of the molecule is N#C[C@H](c1ccc2c(c1)OCO2)N(Cc1ccccc1)C(=O)c1sc2ccccc2c1Cl. The van der Waals surface area contributed by atoms with Gasteiger partial charge in [0, 0.05) is 16.6 Å². The summed E-state index contributed by atoms with van der Waals surface area (Å²) in [6.07, 6.45) is 0. The molecule has 0 spiro atoms. The fourth-order valence-corrected chi connectivity index (χ4v) is 5.22. The van der Waals surface area contributed by atoms with Gasteiger partial charge in [-0.2, -0.15) is 5.26 Å². The molecule has 0 saturated carbocycles. The molecule has 2 heterocycles. The number of rotatable bonds is 5. The molecule has 1 amide bonds. The minimum atomic E-state index is -0.835. The van der Waals surface area contributed by atoms with Crippen molar-refractivity contribution in [2.24, 2.45) is 0 Å². The van der Waals surface area contributed by atoms with E-state index in [0.29, 0.717) is 27.0 Å². The van der Waals surface area contributed by atoms with E-state index in [1.54, 1.807) is 23.1 Å². The van der Waals surface area contributed by atoms with Crippen LogP contribution in [0.15, 0.2) is 72.8 Å². The molecule has 5 rings (SSSR count). The maximum Gasteiger partial charge on any atom is 0.267 e. The van der Waals surface area contributed by atoms with Crippen molar-refractivity contribution in [1.82, 2.24) is 4.90 Å². The third-order valence-electron chi connectivity index (χ3n) is 5.33. The molecule has 0 saturated heterocycles. The number of nitrogens with zero attached hydrogens (tertiary/aromatic N) is 2. The van der Waals surface area contributed by atoms with E-state index in [4.69, 9.17) is 21.1 Å². The predicted molar refractivity (Wildman–Crippen MR) is 124 cm³/mol. The lowest BCUT2D eigenvalue weighted by Crippen LogP contribution is -2.33. The van der Waals surface area contributed by atoms with E-state index in [1.807, 2.05) is 54.6 Å². The summed E-state index contributed by atoms with van der Waals surface area (Å²) in [5.41, 5.74) is 1.57. The molecular formula is C25H17ClN2O3S. The van der Waals surface area contributed by atoms with Gasteiger partial charge in [-0.25, -0.2) is 0 Å². The number of fused-ring (bicyclic) bond motifs is 2. The van der Waals surface area contributed by atoms with Gasteiger partial charge in [-0.05, 0) is 29.3 Å². The van der Waals surface area contributed by atoms with Crippen LogP contribution in [0.1, 0.15) is 26.8 Å². The van der Waals surface area contributed by atoms with Gasteiger partial charge in [0.05, 0.1) is 11.1 Å². The molecule has 0 N–H and O–H groups in total. The zero-order valence-corrected chi connectivity index (χ0v) is 18.4. The summed E-state index contributed by atoms with van der Waals surface area (Å²) in [5, 5.41) is 11.4. The van der Waals surface area contributed by atoms with Gasteiger partial charge >= 0.3 is 0 Å². The Labute approximate surface area is 194 Å². The van der Waals surface area contributed by atoms with E-state index >= 15 is 0 Å². The Bertz CT molecular complexity index is 1350. The van der Waals surface area contributed by atoms with E-state index in [9.17, 15) is 10.1 Å². The Morgan fingerprint density at radius 2 is 1.81 bits per heavy atom. The highest BCUT2D eigenvalue weighted by Gasteiger charge is 2.30. The Morgan fingerprint density at radius 1 is 1.06 bits per heavy atom. The number of hydrogen-bond donors (Lipinski definition) is 0. The number of amides is 1. The number of carbonyl (C=O) groups excluding carboxylic acids is 1. The first-order valence-corrected chi connectivity index (χ1v) is 11.2. The average Bonchev–Trinajstić information content (AvgIpc) is 3.43. The molecule has 0 bridgehead atoms. The number of carbonyl (C=O) groups is 1. The second-order valence-electron chi connectivity index (χ2n) is 7.30. The summed E-state index contributed by atoms with van der Waals surface area (Å²) in [7, 11) is 0. The molecule has 4 aromatic rings. The summed E-state index contributed by atoms with van der Waals surface area (Å²) in [5.74, 6) is 0.901. The summed E-state index contributed by atoms with van der Waals surface area (Å²) in [4.78, 5) is 15.8. The third kappa shape index (κ3) is 3.66. The molecule has 158 valence electrons. The second kappa shape index (κ2) is 8.54. The first kappa shape index (κ1) is 20.4. The molecule has 1 atom stereocenters. The Kier molecular flexibility index (Phi) is 5.44. The lowest BCUT2D eigenvalue weighted by atomic mass is 10.0. The summed E-state index contributed by atoms with van der Waals surface area (Å²) in [6.45, 7) is 0.400. The van der Waals surface area contributed by atoms with Crippen molar-refractivity contribution in [2.75, 3.05) is 6.79 Å². The molecular weight excluding hydrogens is 444 g/mol. The summed E-state index contributed by atoms with van der Waals surface area (Å²) < 4.78 is 11.8. The largest absolute Gasteiger partial charge is 0.454 e. The fraction of sp³-hybridized carbons (Fsp3) is 0.120. The number of thiophene rings is 1. The molecule has 1 aromatic heterocycles. The van der Waals surface area contributed by atoms with E-state index in [2.05, 4.69) is 6.07 Å². The minimum Gasteiger partial charge on any atom is -0.454 e. The van der Waals surface area contributed by atoms with E-state index in [0.717, 1.165) is 15.6 Å². The maximum absolute atomic E-state index is 13.8. The van der Waals surface area contributed by atoms with E-state index in [-0.39, 0.29) is 19.2 Å². The van der Waals surface area contributed by atoms with Crippen LogP contribution < -0.4 is 9.47 Å². The van der Waals surface area contributed by atoms with Gasteiger partial charge < -0.3 is 14.4 Å².